The van der Waals surface area contributed by atoms with E-state index >= 15 is 0 Å². The molecule has 1 amide bonds. The van der Waals surface area contributed by atoms with Crippen LogP contribution in [0.15, 0.2) is 58.3 Å². The van der Waals surface area contributed by atoms with Crippen LogP contribution in [-0.4, -0.2) is 34.6 Å². The Balaban J connectivity index is 2.04. The second-order valence-corrected chi connectivity index (χ2v) is 5.95. The number of amides is 1. The minimum absolute atomic E-state index is 0.00442. The smallest absolute Gasteiger partial charge is 0.333 e. The zero-order chi connectivity index (χ0) is 21.8. The number of H-pyrrole nitrogens is 1. The van der Waals surface area contributed by atoms with Crippen LogP contribution >= 0.6 is 0 Å². The number of anilines is 1. The lowest BCUT2D eigenvalue weighted by atomic mass is 10.2. The molecule has 0 atom stereocenters. The van der Waals surface area contributed by atoms with Crippen molar-refractivity contribution in [1.29, 1.82) is 0 Å². The van der Waals surface area contributed by atoms with Gasteiger partial charge in [-0.3, -0.25) is 19.7 Å². The van der Waals surface area contributed by atoms with Crippen molar-refractivity contribution < 1.29 is 19.2 Å². The standard InChI is InChI=1S/C19H16N4O7/c1-29-13-5-3-4-11(8-13)22-18(25)14(10-20-19(22)26)17(24)21-15-9-12(23(27)28)6-7-16(15)30-2/h3-10H,1-2H3,(H,20,26)(H,21,24). The first-order valence-electron chi connectivity index (χ1n) is 8.48. The quantitative estimate of drug-likeness (QED) is 0.463. The maximum Gasteiger partial charge on any atom is 0.333 e. The summed E-state index contributed by atoms with van der Waals surface area (Å²) in [5.74, 6) is -0.312. The van der Waals surface area contributed by atoms with Crippen molar-refractivity contribution in [3.63, 3.8) is 0 Å². The Labute approximate surface area is 168 Å². The number of ether oxygens (including phenoxy) is 2. The number of nitrogens with zero attached hydrogens (tertiary/aromatic N) is 2. The van der Waals surface area contributed by atoms with Crippen LogP contribution in [-0.2, 0) is 0 Å². The van der Waals surface area contributed by atoms with Gasteiger partial charge in [0.1, 0.15) is 17.1 Å². The number of carbonyl (C=O) groups is 1. The lowest BCUT2D eigenvalue weighted by Crippen LogP contribution is -2.38. The van der Waals surface area contributed by atoms with E-state index in [0.717, 1.165) is 16.8 Å². The van der Waals surface area contributed by atoms with E-state index < -0.39 is 22.1 Å². The van der Waals surface area contributed by atoms with Crippen molar-refractivity contribution in [2.24, 2.45) is 0 Å². The second kappa shape index (κ2) is 8.31. The highest BCUT2D eigenvalue weighted by atomic mass is 16.6. The molecule has 0 aliphatic carbocycles. The number of nitro groups is 1. The number of aromatic amines is 1. The Morgan fingerprint density at radius 1 is 1.13 bits per heavy atom. The molecule has 0 fully saturated rings. The van der Waals surface area contributed by atoms with Gasteiger partial charge < -0.3 is 19.8 Å². The predicted molar refractivity (Wildman–Crippen MR) is 107 cm³/mol. The molecule has 0 unspecified atom stereocenters. The number of hydrogen-bond acceptors (Lipinski definition) is 7. The molecule has 0 radical (unpaired) electrons. The number of methoxy groups -OCH3 is 2. The van der Waals surface area contributed by atoms with E-state index in [1.165, 1.54) is 38.5 Å². The van der Waals surface area contributed by atoms with E-state index in [0.29, 0.717) is 5.75 Å². The molecule has 0 spiro atoms. The van der Waals surface area contributed by atoms with Crippen molar-refractivity contribution >= 4 is 17.3 Å². The van der Waals surface area contributed by atoms with Crippen LogP contribution in [0.1, 0.15) is 10.4 Å². The van der Waals surface area contributed by atoms with Crippen LogP contribution in [0.2, 0.25) is 0 Å². The van der Waals surface area contributed by atoms with Crippen molar-refractivity contribution in [2.75, 3.05) is 19.5 Å². The number of carbonyl (C=O) groups excluding carboxylic acids is 1. The van der Waals surface area contributed by atoms with Crippen LogP contribution in [0.4, 0.5) is 11.4 Å². The highest BCUT2D eigenvalue weighted by Crippen LogP contribution is 2.29. The van der Waals surface area contributed by atoms with E-state index in [-0.39, 0.29) is 28.4 Å². The summed E-state index contributed by atoms with van der Waals surface area (Å²) >= 11 is 0. The monoisotopic (exact) mass is 412 g/mol. The minimum Gasteiger partial charge on any atom is -0.497 e. The largest absolute Gasteiger partial charge is 0.497 e. The molecule has 11 heteroatoms. The Hall–Kier alpha value is -4.41. The molecule has 0 bridgehead atoms. The molecule has 30 heavy (non-hydrogen) atoms. The van der Waals surface area contributed by atoms with Crippen molar-refractivity contribution in [2.45, 2.75) is 0 Å². The Morgan fingerprint density at radius 2 is 1.90 bits per heavy atom. The van der Waals surface area contributed by atoms with Gasteiger partial charge in [0.05, 0.1) is 30.5 Å². The van der Waals surface area contributed by atoms with E-state index in [1.54, 1.807) is 12.1 Å². The van der Waals surface area contributed by atoms with Crippen molar-refractivity contribution in [3.05, 3.63) is 85.2 Å². The van der Waals surface area contributed by atoms with Gasteiger partial charge >= 0.3 is 5.69 Å². The summed E-state index contributed by atoms with van der Waals surface area (Å²) in [7, 11) is 2.76. The molecular formula is C19H16N4O7. The molecule has 0 aliphatic heterocycles. The van der Waals surface area contributed by atoms with Gasteiger partial charge in [0.2, 0.25) is 0 Å². The zero-order valence-corrected chi connectivity index (χ0v) is 15.9. The van der Waals surface area contributed by atoms with E-state index in [4.69, 9.17) is 9.47 Å². The minimum atomic E-state index is -0.883. The van der Waals surface area contributed by atoms with Gasteiger partial charge in [0.25, 0.3) is 17.2 Å². The topological polar surface area (TPSA) is 146 Å². The third-order valence-electron chi connectivity index (χ3n) is 4.17. The molecule has 2 N–H and O–H groups in total. The maximum absolute atomic E-state index is 12.9. The number of aromatic nitrogens is 2. The molecular weight excluding hydrogens is 396 g/mol. The van der Waals surface area contributed by atoms with Crippen LogP contribution in [0.25, 0.3) is 5.69 Å². The van der Waals surface area contributed by atoms with Gasteiger partial charge in [0, 0.05) is 24.4 Å². The number of nitro benzene ring substituents is 1. The van der Waals surface area contributed by atoms with Crippen LogP contribution < -0.4 is 26.0 Å². The van der Waals surface area contributed by atoms with Gasteiger partial charge in [-0.15, -0.1) is 0 Å². The molecule has 11 nitrogen and oxygen atoms in total. The van der Waals surface area contributed by atoms with Crippen LogP contribution in [0, 0.1) is 10.1 Å². The molecule has 2 aromatic carbocycles. The van der Waals surface area contributed by atoms with Gasteiger partial charge in [0.15, 0.2) is 0 Å². The number of nitrogens with one attached hydrogen (secondary N) is 2. The second-order valence-electron chi connectivity index (χ2n) is 5.95. The molecule has 1 aromatic heterocycles. The average Bonchev–Trinajstić information content (AvgIpc) is 2.73. The third-order valence-corrected chi connectivity index (χ3v) is 4.17. The van der Waals surface area contributed by atoms with Gasteiger partial charge in [-0.05, 0) is 18.2 Å². The molecule has 154 valence electrons. The van der Waals surface area contributed by atoms with Crippen LogP contribution in [0.5, 0.6) is 11.5 Å². The SMILES string of the molecule is COc1cccc(-n2c(=O)[nH]cc(C(=O)Nc3cc([N+](=O)[O-])ccc3OC)c2=O)c1. The summed E-state index contributed by atoms with van der Waals surface area (Å²) < 4.78 is 11.0. The fourth-order valence-electron chi connectivity index (χ4n) is 2.72. The van der Waals surface area contributed by atoms with E-state index in [9.17, 15) is 24.5 Å². The molecule has 3 aromatic rings. The highest BCUT2D eigenvalue weighted by molar-refractivity contribution is 6.04. The van der Waals surface area contributed by atoms with Crippen molar-refractivity contribution in [1.82, 2.24) is 9.55 Å². The Bertz CT molecular complexity index is 1250. The summed E-state index contributed by atoms with van der Waals surface area (Å²) in [6.45, 7) is 0. The zero-order valence-electron chi connectivity index (χ0n) is 15.9. The highest BCUT2D eigenvalue weighted by Gasteiger charge is 2.19. The summed E-state index contributed by atoms with van der Waals surface area (Å²) in [5.41, 5.74) is -2.10. The number of non-ortho nitro benzene ring substituents is 1. The van der Waals surface area contributed by atoms with Gasteiger partial charge in [-0.1, -0.05) is 6.07 Å². The normalized spacial score (nSPS) is 10.3. The molecule has 1 heterocycles. The van der Waals surface area contributed by atoms with Crippen molar-refractivity contribution in [3.8, 4) is 17.2 Å². The Kier molecular flexibility index (Phi) is 5.63. The fourth-order valence-corrected chi connectivity index (χ4v) is 2.72. The molecule has 3 rings (SSSR count). The van der Waals surface area contributed by atoms with E-state index in [2.05, 4.69) is 10.3 Å². The fraction of sp³-hybridized carbons (Fsp3) is 0.105. The first-order chi connectivity index (χ1) is 14.3. The van der Waals surface area contributed by atoms with E-state index in [1.807, 2.05) is 0 Å². The molecule has 0 saturated heterocycles. The number of benzene rings is 2. The molecule has 0 aliphatic rings. The summed E-state index contributed by atoms with van der Waals surface area (Å²) in [5, 5.41) is 13.4. The molecule has 0 saturated carbocycles. The Morgan fingerprint density at radius 3 is 2.57 bits per heavy atom. The third kappa shape index (κ3) is 3.90. The predicted octanol–water partition coefficient (Wildman–Crippen LogP) is 1.70. The lowest BCUT2D eigenvalue weighted by molar-refractivity contribution is -0.384. The number of hydrogen-bond donors (Lipinski definition) is 2. The summed E-state index contributed by atoms with van der Waals surface area (Å²) in [4.78, 5) is 50.5. The van der Waals surface area contributed by atoms with Crippen LogP contribution in [0.3, 0.4) is 0 Å². The first-order valence-corrected chi connectivity index (χ1v) is 8.48. The maximum atomic E-state index is 12.9. The summed E-state index contributed by atoms with van der Waals surface area (Å²) in [6, 6.07) is 9.81. The lowest BCUT2D eigenvalue weighted by Gasteiger charge is -2.11. The summed E-state index contributed by atoms with van der Waals surface area (Å²) in [6.07, 6.45) is 0.973. The average molecular weight is 412 g/mol. The number of rotatable bonds is 6. The van der Waals surface area contributed by atoms with Gasteiger partial charge in [-0.2, -0.15) is 0 Å². The van der Waals surface area contributed by atoms with Gasteiger partial charge in [-0.25, -0.2) is 9.36 Å². The first kappa shape index (κ1) is 20.3.